The van der Waals surface area contributed by atoms with Crippen LogP contribution >= 0.6 is 15.9 Å². The molecule has 0 fully saturated rings. The number of amides is 1. The molecule has 4 nitrogen and oxygen atoms in total. The van der Waals surface area contributed by atoms with Crippen LogP contribution in [0.2, 0.25) is 0 Å². The highest BCUT2D eigenvalue weighted by molar-refractivity contribution is 9.10. The average Bonchev–Trinajstić information content (AvgIpc) is 2.52. The molecule has 2 aromatic rings. The lowest BCUT2D eigenvalue weighted by Gasteiger charge is -2.09. The Morgan fingerprint density at radius 3 is 2.32 bits per heavy atom. The summed E-state index contributed by atoms with van der Waals surface area (Å²) in [6.07, 6.45) is 3.12. The Kier molecular flexibility index (Phi) is 5.61. The highest BCUT2D eigenvalue weighted by Crippen LogP contribution is 2.29. The first-order valence-electron chi connectivity index (χ1n) is 6.59. The maximum Gasteiger partial charge on any atom is 0.248 e. The second-order valence-electron chi connectivity index (χ2n) is 4.41. The molecule has 1 amide bonds. The van der Waals surface area contributed by atoms with Crippen LogP contribution in [0.1, 0.15) is 5.56 Å². The maximum absolute atomic E-state index is 12.0. The van der Waals surface area contributed by atoms with Gasteiger partial charge in [0.25, 0.3) is 0 Å². The van der Waals surface area contributed by atoms with Crippen molar-refractivity contribution in [3.63, 3.8) is 0 Å². The fourth-order valence-corrected chi connectivity index (χ4v) is 2.35. The molecule has 2 aromatic carbocycles. The quantitative estimate of drug-likeness (QED) is 0.814. The molecule has 0 saturated carbocycles. The molecule has 0 radical (unpaired) electrons. The van der Waals surface area contributed by atoms with Gasteiger partial charge in [0.05, 0.1) is 19.8 Å². The van der Waals surface area contributed by atoms with Crippen molar-refractivity contribution in [3.05, 3.63) is 58.6 Å². The van der Waals surface area contributed by atoms with Crippen LogP contribution in [0.25, 0.3) is 6.08 Å². The zero-order chi connectivity index (χ0) is 15.9. The van der Waals surface area contributed by atoms with E-state index >= 15 is 0 Å². The summed E-state index contributed by atoms with van der Waals surface area (Å²) in [5.74, 6) is 1.06. The van der Waals surface area contributed by atoms with E-state index in [1.165, 1.54) is 6.08 Å². The highest BCUT2D eigenvalue weighted by Gasteiger charge is 2.07. The normalized spacial score (nSPS) is 10.5. The van der Waals surface area contributed by atoms with Crippen LogP contribution in [0, 0.1) is 0 Å². The Hall–Kier alpha value is -2.27. The molecule has 0 aromatic heterocycles. The second-order valence-corrected chi connectivity index (χ2v) is 5.32. The number of hydrogen-bond acceptors (Lipinski definition) is 3. The average molecular weight is 362 g/mol. The van der Waals surface area contributed by atoms with Gasteiger partial charge in [0.2, 0.25) is 5.91 Å². The van der Waals surface area contributed by atoms with Crippen LogP contribution in [0.3, 0.4) is 0 Å². The van der Waals surface area contributed by atoms with Gasteiger partial charge in [-0.15, -0.1) is 0 Å². The molecular weight excluding hydrogens is 346 g/mol. The number of anilines is 1. The Balaban J connectivity index is 2.16. The van der Waals surface area contributed by atoms with E-state index in [2.05, 4.69) is 21.2 Å². The predicted molar refractivity (Wildman–Crippen MR) is 91.4 cm³/mol. The van der Waals surface area contributed by atoms with Gasteiger partial charge in [-0.2, -0.15) is 0 Å². The van der Waals surface area contributed by atoms with E-state index in [1.54, 1.807) is 20.3 Å². The molecule has 0 saturated heterocycles. The number of hydrogen-bond donors (Lipinski definition) is 1. The first-order valence-corrected chi connectivity index (χ1v) is 7.39. The third-order valence-corrected chi connectivity index (χ3v) is 3.45. The van der Waals surface area contributed by atoms with Gasteiger partial charge in [-0.05, 0) is 36.4 Å². The maximum atomic E-state index is 12.0. The van der Waals surface area contributed by atoms with Gasteiger partial charge in [-0.1, -0.05) is 28.1 Å². The van der Waals surface area contributed by atoms with Crippen molar-refractivity contribution in [3.8, 4) is 11.5 Å². The molecule has 0 unspecified atom stereocenters. The van der Waals surface area contributed by atoms with Crippen molar-refractivity contribution in [1.29, 1.82) is 0 Å². The minimum Gasteiger partial charge on any atom is -0.496 e. The van der Waals surface area contributed by atoms with Crippen LogP contribution in [0.15, 0.2) is 53.0 Å². The van der Waals surface area contributed by atoms with Crippen LogP contribution in [0.5, 0.6) is 11.5 Å². The monoisotopic (exact) mass is 361 g/mol. The lowest BCUT2D eigenvalue weighted by atomic mass is 10.1. The zero-order valence-corrected chi connectivity index (χ0v) is 13.9. The Labute approximate surface area is 137 Å². The van der Waals surface area contributed by atoms with Crippen molar-refractivity contribution in [2.24, 2.45) is 0 Å². The fraction of sp³-hybridized carbons (Fsp3) is 0.118. The summed E-state index contributed by atoms with van der Waals surface area (Å²) in [5.41, 5.74) is 1.44. The molecule has 0 aliphatic carbocycles. The SMILES string of the molecule is COc1cccc(OC)c1C=CC(=O)Nc1cccc(Br)c1. The Bertz CT molecular complexity index is 676. The van der Waals surface area contributed by atoms with Crippen molar-refractivity contribution in [2.75, 3.05) is 19.5 Å². The van der Waals surface area contributed by atoms with Gasteiger partial charge >= 0.3 is 0 Å². The summed E-state index contributed by atoms with van der Waals surface area (Å²) in [7, 11) is 3.15. The molecular formula is C17H16BrNO3. The molecule has 22 heavy (non-hydrogen) atoms. The molecule has 0 spiro atoms. The van der Waals surface area contributed by atoms with Crippen LogP contribution in [0.4, 0.5) is 5.69 Å². The van der Waals surface area contributed by atoms with Crippen molar-refractivity contribution >= 4 is 33.6 Å². The summed E-state index contributed by atoms with van der Waals surface area (Å²) in [6.45, 7) is 0. The summed E-state index contributed by atoms with van der Waals surface area (Å²) < 4.78 is 11.5. The topological polar surface area (TPSA) is 47.6 Å². The number of ether oxygens (including phenoxy) is 2. The first kappa shape index (κ1) is 16.1. The Morgan fingerprint density at radius 1 is 1.09 bits per heavy atom. The number of benzene rings is 2. The molecule has 2 rings (SSSR count). The van der Waals surface area contributed by atoms with E-state index in [0.29, 0.717) is 11.5 Å². The highest BCUT2D eigenvalue weighted by atomic mass is 79.9. The van der Waals surface area contributed by atoms with Crippen LogP contribution in [-0.2, 0) is 4.79 Å². The standard InChI is InChI=1S/C17H16BrNO3/c1-21-15-7-4-8-16(22-2)14(15)9-10-17(20)19-13-6-3-5-12(18)11-13/h3-11H,1-2H3,(H,19,20). The molecule has 0 atom stereocenters. The van der Waals surface area contributed by atoms with E-state index in [0.717, 1.165) is 15.7 Å². The Morgan fingerprint density at radius 2 is 1.73 bits per heavy atom. The summed E-state index contributed by atoms with van der Waals surface area (Å²) in [6, 6.07) is 12.9. The summed E-state index contributed by atoms with van der Waals surface area (Å²) >= 11 is 3.36. The van der Waals surface area contributed by atoms with Gasteiger partial charge < -0.3 is 14.8 Å². The minimum absolute atomic E-state index is 0.231. The lowest BCUT2D eigenvalue weighted by molar-refractivity contribution is -0.111. The smallest absolute Gasteiger partial charge is 0.248 e. The van der Waals surface area contributed by atoms with E-state index in [1.807, 2.05) is 42.5 Å². The number of halogens is 1. The van der Waals surface area contributed by atoms with Crippen molar-refractivity contribution in [2.45, 2.75) is 0 Å². The van der Waals surface area contributed by atoms with Crippen LogP contribution < -0.4 is 14.8 Å². The van der Waals surface area contributed by atoms with E-state index in [9.17, 15) is 4.79 Å². The number of rotatable bonds is 5. The molecule has 5 heteroatoms. The second kappa shape index (κ2) is 7.66. The lowest BCUT2D eigenvalue weighted by Crippen LogP contribution is -2.07. The molecule has 0 heterocycles. The first-order chi connectivity index (χ1) is 10.6. The van der Waals surface area contributed by atoms with Gasteiger partial charge in [0.15, 0.2) is 0 Å². The molecule has 0 aliphatic rings. The van der Waals surface area contributed by atoms with Gasteiger partial charge in [0.1, 0.15) is 11.5 Å². The third kappa shape index (κ3) is 4.11. The van der Waals surface area contributed by atoms with E-state index < -0.39 is 0 Å². The fourth-order valence-electron chi connectivity index (χ4n) is 1.95. The number of carbonyl (C=O) groups excluding carboxylic acids is 1. The summed E-state index contributed by atoms with van der Waals surface area (Å²) in [4.78, 5) is 12.0. The predicted octanol–water partition coefficient (Wildman–Crippen LogP) is 4.12. The molecule has 1 N–H and O–H groups in total. The minimum atomic E-state index is -0.231. The van der Waals surface area contributed by atoms with Gasteiger partial charge in [-0.25, -0.2) is 0 Å². The third-order valence-electron chi connectivity index (χ3n) is 2.96. The van der Waals surface area contributed by atoms with Gasteiger partial charge in [-0.3, -0.25) is 4.79 Å². The zero-order valence-electron chi connectivity index (χ0n) is 12.3. The van der Waals surface area contributed by atoms with E-state index in [-0.39, 0.29) is 5.91 Å². The number of methoxy groups -OCH3 is 2. The van der Waals surface area contributed by atoms with E-state index in [4.69, 9.17) is 9.47 Å². The molecule has 114 valence electrons. The number of carbonyl (C=O) groups is 1. The van der Waals surface area contributed by atoms with Crippen molar-refractivity contribution < 1.29 is 14.3 Å². The largest absolute Gasteiger partial charge is 0.496 e. The molecule has 0 bridgehead atoms. The van der Waals surface area contributed by atoms with Gasteiger partial charge in [0, 0.05) is 16.2 Å². The molecule has 0 aliphatic heterocycles. The van der Waals surface area contributed by atoms with Crippen molar-refractivity contribution in [1.82, 2.24) is 0 Å². The van der Waals surface area contributed by atoms with Crippen LogP contribution in [-0.4, -0.2) is 20.1 Å². The summed E-state index contributed by atoms with van der Waals surface area (Å²) in [5, 5.41) is 2.79. The number of nitrogens with one attached hydrogen (secondary N) is 1.